The van der Waals surface area contributed by atoms with Crippen molar-refractivity contribution in [1.29, 1.82) is 0 Å². The van der Waals surface area contributed by atoms with E-state index in [2.05, 4.69) is 6.58 Å². The fraction of sp³-hybridized carbons (Fsp3) is 0.938. The van der Waals surface area contributed by atoms with Crippen LogP contribution in [0.25, 0.3) is 0 Å². The highest BCUT2D eigenvalue weighted by molar-refractivity contribution is 6.66. The average molecular weight is 623 g/mol. The van der Waals surface area contributed by atoms with Crippen LogP contribution in [0.5, 0.6) is 0 Å². The summed E-state index contributed by atoms with van der Waals surface area (Å²) in [5.74, 6) is 0. The van der Waals surface area contributed by atoms with Gasteiger partial charge in [0.05, 0.1) is 16.8 Å². The molecule has 0 aliphatic carbocycles. The van der Waals surface area contributed by atoms with E-state index in [1.54, 1.807) is 5.70 Å². The van der Waals surface area contributed by atoms with Crippen LogP contribution in [0.3, 0.4) is 0 Å². The van der Waals surface area contributed by atoms with Gasteiger partial charge in [0, 0.05) is 37.6 Å². The van der Waals surface area contributed by atoms with Gasteiger partial charge in [0.1, 0.15) is 16.8 Å². The minimum absolute atomic E-state index is 0.297. The molecule has 42 heavy (non-hydrogen) atoms. The molecule has 0 spiro atoms. The van der Waals surface area contributed by atoms with Crippen LogP contribution in [0.1, 0.15) is 144 Å². The van der Waals surface area contributed by atoms with Gasteiger partial charge in [-0.2, -0.15) is 0 Å². The van der Waals surface area contributed by atoms with Crippen molar-refractivity contribution in [3.8, 4) is 0 Å². The maximum absolute atomic E-state index is 6.65. The zero-order valence-corrected chi connectivity index (χ0v) is 31.3. The molecule has 0 bridgehead atoms. The highest BCUT2D eigenvalue weighted by Crippen LogP contribution is 2.31. The van der Waals surface area contributed by atoms with Crippen molar-refractivity contribution in [2.75, 3.05) is 0 Å². The fourth-order valence-electron chi connectivity index (χ4n) is 4.09. The van der Waals surface area contributed by atoms with Gasteiger partial charge in [0.25, 0.3) is 0 Å². The summed E-state index contributed by atoms with van der Waals surface area (Å²) < 4.78 is 20.0. The molecular weight excluding hydrogens is 556 g/mol. The second-order valence-corrected chi connectivity index (χ2v) is 18.6. The molecular formula is C32H66O9Si. The number of hydrogen-bond donors (Lipinski definition) is 0. The van der Waals surface area contributed by atoms with Gasteiger partial charge < -0.3 is 13.3 Å². The first-order valence-electron chi connectivity index (χ1n) is 15.3. The summed E-state index contributed by atoms with van der Waals surface area (Å²) in [4.78, 5) is 34.2. The molecule has 0 aliphatic rings. The highest BCUT2D eigenvalue weighted by atomic mass is 28.4. The van der Waals surface area contributed by atoms with Crippen molar-refractivity contribution in [3.63, 3.8) is 0 Å². The Kier molecular flexibility index (Phi) is 15.6. The predicted molar refractivity (Wildman–Crippen MR) is 169 cm³/mol. The molecule has 3 atom stereocenters. The summed E-state index contributed by atoms with van der Waals surface area (Å²) in [6, 6.07) is 0. The van der Waals surface area contributed by atoms with Gasteiger partial charge in [-0.15, -0.1) is 0 Å². The Morgan fingerprint density at radius 3 is 0.833 bits per heavy atom. The highest BCUT2D eigenvalue weighted by Gasteiger charge is 2.46. The van der Waals surface area contributed by atoms with Crippen LogP contribution in [-0.2, 0) is 42.6 Å². The van der Waals surface area contributed by atoms with Gasteiger partial charge in [-0.25, -0.2) is 29.3 Å². The Morgan fingerprint density at radius 2 is 0.667 bits per heavy atom. The topological polar surface area (TPSA) is 83.1 Å². The van der Waals surface area contributed by atoms with Crippen molar-refractivity contribution >= 4 is 8.80 Å². The maximum Gasteiger partial charge on any atom is 0.529 e. The molecule has 0 saturated carbocycles. The maximum atomic E-state index is 6.65. The van der Waals surface area contributed by atoms with E-state index in [0.29, 0.717) is 19.3 Å². The largest absolute Gasteiger partial charge is 0.529 e. The van der Waals surface area contributed by atoms with Crippen molar-refractivity contribution < 1.29 is 42.6 Å². The molecule has 0 saturated heterocycles. The van der Waals surface area contributed by atoms with Crippen LogP contribution >= 0.6 is 0 Å². The monoisotopic (exact) mass is 622 g/mol. The van der Waals surface area contributed by atoms with E-state index in [9.17, 15) is 0 Å². The number of rotatable bonds is 19. The molecule has 0 aliphatic heterocycles. The Labute approximate surface area is 259 Å². The number of hydrogen-bond acceptors (Lipinski definition) is 9. The van der Waals surface area contributed by atoms with E-state index in [0.717, 1.165) is 0 Å². The molecule has 252 valence electrons. The van der Waals surface area contributed by atoms with Crippen LogP contribution < -0.4 is 0 Å². The Balaban J connectivity index is 5.89. The van der Waals surface area contributed by atoms with Crippen molar-refractivity contribution in [1.82, 2.24) is 0 Å². The van der Waals surface area contributed by atoms with Crippen LogP contribution in [0.2, 0.25) is 0 Å². The summed E-state index contributed by atoms with van der Waals surface area (Å²) in [6.07, 6.45) is 0.703. The van der Waals surface area contributed by atoms with E-state index < -0.39 is 42.4 Å². The van der Waals surface area contributed by atoms with E-state index in [-0.39, 0.29) is 18.3 Å². The molecule has 0 rings (SSSR count). The quantitative estimate of drug-likeness (QED) is 0.0798. The lowest BCUT2D eigenvalue weighted by Crippen LogP contribution is -2.52. The molecule has 0 fully saturated rings. The standard InChI is InChI=1S/C32H66O9Si/c1-20-42(33-24(2)21-30(14,15)39-36-27(5,6)7,34-25(3)22-31(16,17)40-37-28(8,9)10)35-26(4)23-32(18,19)41-38-29(11,12)13/h20,24-26H,1,21-23H2,2-19H3. The molecule has 0 heterocycles. The smallest absolute Gasteiger partial charge is 0.367 e. The van der Waals surface area contributed by atoms with E-state index >= 15 is 0 Å². The van der Waals surface area contributed by atoms with Crippen molar-refractivity contribution in [2.45, 2.75) is 196 Å². The SMILES string of the molecule is C=C[Si](OC(C)CC(C)(C)OOC(C)(C)C)(OC(C)CC(C)(C)OOC(C)(C)C)OC(C)CC(C)(C)OOC(C)(C)C. The first-order chi connectivity index (χ1) is 18.5. The minimum Gasteiger partial charge on any atom is -0.367 e. The lowest BCUT2D eigenvalue weighted by atomic mass is 10.0. The molecule has 10 heteroatoms. The van der Waals surface area contributed by atoms with Gasteiger partial charge in [-0.1, -0.05) is 6.58 Å². The second-order valence-electron chi connectivity index (χ2n) is 16.3. The Morgan fingerprint density at radius 1 is 0.452 bits per heavy atom. The summed E-state index contributed by atoms with van der Waals surface area (Å²) in [7, 11) is -3.46. The summed E-state index contributed by atoms with van der Waals surface area (Å²) in [5, 5.41) is 0. The molecule has 3 unspecified atom stereocenters. The summed E-state index contributed by atoms with van der Waals surface area (Å²) in [6.45, 7) is 39.3. The molecule has 9 nitrogen and oxygen atoms in total. The molecule has 0 N–H and O–H groups in total. The third-order valence-electron chi connectivity index (χ3n) is 5.24. The Bertz CT molecular complexity index is 693. The zero-order chi connectivity index (χ0) is 33.4. The van der Waals surface area contributed by atoms with Crippen LogP contribution in [-0.4, -0.2) is 60.7 Å². The van der Waals surface area contributed by atoms with Crippen molar-refractivity contribution in [3.05, 3.63) is 12.3 Å². The first kappa shape index (κ1) is 41.6. The molecule has 0 aromatic carbocycles. The van der Waals surface area contributed by atoms with E-state index in [4.69, 9.17) is 42.6 Å². The third kappa shape index (κ3) is 20.5. The van der Waals surface area contributed by atoms with Gasteiger partial charge in [0.2, 0.25) is 0 Å². The Hall–Kier alpha value is -0.403. The van der Waals surface area contributed by atoms with Crippen molar-refractivity contribution in [2.24, 2.45) is 0 Å². The van der Waals surface area contributed by atoms with Gasteiger partial charge >= 0.3 is 8.80 Å². The normalized spacial score (nSPS) is 18.0. The molecule has 0 radical (unpaired) electrons. The molecule has 0 amide bonds. The van der Waals surface area contributed by atoms with E-state index in [1.807, 2.05) is 125 Å². The zero-order valence-electron chi connectivity index (χ0n) is 30.3. The third-order valence-corrected chi connectivity index (χ3v) is 7.93. The van der Waals surface area contributed by atoms with E-state index in [1.165, 1.54) is 0 Å². The lowest BCUT2D eigenvalue weighted by Gasteiger charge is -2.39. The average Bonchev–Trinajstić information content (AvgIpc) is 2.72. The lowest BCUT2D eigenvalue weighted by molar-refractivity contribution is -0.400. The minimum atomic E-state index is -3.46. The first-order valence-corrected chi connectivity index (χ1v) is 17.1. The summed E-state index contributed by atoms with van der Waals surface area (Å²) in [5.41, 5.74) is -1.47. The van der Waals surface area contributed by atoms with Crippen LogP contribution in [0, 0.1) is 0 Å². The predicted octanol–water partition coefficient (Wildman–Crippen LogP) is 8.61. The fourth-order valence-corrected chi connectivity index (χ4v) is 6.47. The van der Waals surface area contributed by atoms with Crippen LogP contribution in [0.4, 0.5) is 0 Å². The molecule has 0 aromatic heterocycles. The molecule has 0 aromatic rings. The summed E-state index contributed by atoms with van der Waals surface area (Å²) >= 11 is 0. The van der Waals surface area contributed by atoms with Crippen LogP contribution in [0.15, 0.2) is 12.3 Å². The second kappa shape index (κ2) is 15.7. The van der Waals surface area contributed by atoms with Gasteiger partial charge in [0.15, 0.2) is 0 Å². The van der Waals surface area contributed by atoms with Gasteiger partial charge in [-0.05, 0) is 130 Å². The van der Waals surface area contributed by atoms with Gasteiger partial charge in [-0.3, -0.25) is 0 Å².